The van der Waals surface area contributed by atoms with Crippen LogP contribution in [0.3, 0.4) is 0 Å². The number of rotatable bonds is 4. The maximum atomic E-state index is 13.6. The number of carbonyl (C=O) groups is 1. The van der Waals surface area contributed by atoms with Crippen molar-refractivity contribution < 1.29 is 9.18 Å². The molecule has 1 aromatic carbocycles. The molecule has 3 heteroatoms. The molecular formula is C17H24FNO. The first-order chi connectivity index (χ1) is 9.39. The predicted molar refractivity (Wildman–Crippen MR) is 79.4 cm³/mol. The molecule has 0 spiro atoms. The van der Waals surface area contributed by atoms with Crippen LogP contribution >= 0.6 is 0 Å². The van der Waals surface area contributed by atoms with E-state index in [4.69, 9.17) is 0 Å². The third kappa shape index (κ3) is 3.66. The summed E-state index contributed by atoms with van der Waals surface area (Å²) < 4.78 is 13.6. The Labute approximate surface area is 121 Å². The van der Waals surface area contributed by atoms with Crippen LogP contribution in [-0.2, 0) is 0 Å². The third-order valence-corrected chi connectivity index (χ3v) is 4.50. The lowest BCUT2D eigenvalue weighted by atomic mass is 9.75. The molecule has 1 aliphatic carbocycles. The van der Waals surface area contributed by atoms with E-state index < -0.39 is 5.82 Å². The summed E-state index contributed by atoms with van der Waals surface area (Å²) >= 11 is 0. The molecule has 0 atom stereocenters. The maximum Gasteiger partial charge on any atom is 0.179 e. The summed E-state index contributed by atoms with van der Waals surface area (Å²) in [5.41, 5.74) is 0.628. The quantitative estimate of drug-likeness (QED) is 0.778. The molecule has 110 valence electrons. The fraction of sp³-hybridized carbons (Fsp3) is 0.588. The molecule has 20 heavy (non-hydrogen) atoms. The van der Waals surface area contributed by atoms with Crippen LogP contribution in [0.2, 0.25) is 0 Å². The summed E-state index contributed by atoms with van der Waals surface area (Å²) in [6, 6.07) is 6.67. The molecule has 1 aromatic rings. The zero-order valence-corrected chi connectivity index (χ0v) is 12.7. The first-order valence-corrected chi connectivity index (χ1v) is 7.37. The molecule has 0 aromatic heterocycles. The standard InChI is InChI=1S/C17H24FNO/c1-17(2)10-8-13(9-11-17)19(3)12-16(20)14-6-4-5-7-15(14)18/h4-7,13H,8-12H2,1-3H3. The number of benzene rings is 1. The van der Waals surface area contributed by atoms with Gasteiger partial charge in [0.05, 0.1) is 12.1 Å². The van der Waals surface area contributed by atoms with Crippen molar-refractivity contribution in [1.82, 2.24) is 4.90 Å². The van der Waals surface area contributed by atoms with E-state index in [0.29, 0.717) is 18.0 Å². The summed E-state index contributed by atoms with van der Waals surface area (Å²) in [7, 11) is 1.97. The minimum absolute atomic E-state index is 0.129. The maximum absolute atomic E-state index is 13.6. The zero-order chi connectivity index (χ0) is 14.8. The minimum atomic E-state index is -0.421. The van der Waals surface area contributed by atoms with Gasteiger partial charge >= 0.3 is 0 Å². The van der Waals surface area contributed by atoms with Crippen molar-refractivity contribution in [3.8, 4) is 0 Å². The van der Waals surface area contributed by atoms with Gasteiger partial charge in [0.2, 0.25) is 0 Å². The molecule has 2 rings (SSSR count). The van der Waals surface area contributed by atoms with Crippen LogP contribution in [0.1, 0.15) is 49.9 Å². The van der Waals surface area contributed by atoms with Crippen molar-refractivity contribution in [3.05, 3.63) is 35.6 Å². The molecule has 1 aliphatic rings. The number of hydrogen-bond donors (Lipinski definition) is 0. The fourth-order valence-electron chi connectivity index (χ4n) is 2.95. The first kappa shape index (κ1) is 15.2. The molecule has 0 aliphatic heterocycles. The van der Waals surface area contributed by atoms with Crippen LogP contribution < -0.4 is 0 Å². The molecular weight excluding hydrogens is 253 g/mol. The lowest BCUT2D eigenvalue weighted by Gasteiger charge is -2.38. The van der Waals surface area contributed by atoms with Crippen LogP contribution in [-0.4, -0.2) is 30.3 Å². The Hall–Kier alpha value is -1.22. The highest BCUT2D eigenvalue weighted by Crippen LogP contribution is 2.36. The summed E-state index contributed by atoms with van der Waals surface area (Å²) in [6.45, 7) is 4.90. The van der Waals surface area contributed by atoms with Crippen molar-refractivity contribution in [2.75, 3.05) is 13.6 Å². The van der Waals surface area contributed by atoms with E-state index >= 15 is 0 Å². The minimum Gasteiger partial charge on any atom is -0.296 e. The second-order valence-corrected chi connectivity index (χ2v) is 6.71. The summed E-state index contributed by atoms with van der Waals surface area (Å²) in [5, 5.41) is 0. The van der Waals surface area contributed by atoms with E-state index in [2.05, 4.69) is 18.7 Å². The molecule has 0 amide bonds. The number of hydrogen-bond acceptors (Lipinski definition) is 2. The smallest absolute Gasteiger partial charge is 0.179 e. The highest BCUT2D eigenvalue weighted by molar-refractivity contribution is 5.97. The van der Waals surface area contributed by atoms with Crippen molar-refractivity contribution >= 4 is 5.78 Å². The Morgan fingerprint density at radius 2 is 1.90 bits per heavy atom. The van der Waals surface area contributed by atoms with Crippen LogP contribution in [0, 0.1) is 11.2 Å². The van der Waals surface area contributed by atoms with Gasteiger partial charge in [-0.25, -0.2) is 4.39 Å². The van der Waals surface area contributed by atoms with Gasteiger partial charge < -0.3 is 0 Å². The zero-order valence-electron chi connectivity index (χ0n) is 12.7. The van der Waals surface area contributed by atoms with E-state index in [9.17, 15) is 9.18 Å². The van der Waals surface area contributed by atoms with E-state index in [1.54, 1.807) is 18.2 Å². The third-order valence-electron chi connectivity index (χ3n) is 4.50. The Kier molecular flexibility index (Phi) is 4.59. The van der Waals surface area contributed by atoms with Gasteiger partial charge in [-0.15, -0.1) is 0 Å². The molecule has 1 fully saturated rings. The fourth-order valence-corrected chi connectivity index (χ4v) is 2.95. The van der Waals surface area contributed by atoms with Gasteiger partial charge in [-0.05, 0) is 50.3 Å². The molecule has 0 saturated heterocycles. The van der Waals surface area contributed by atoms with Crippen molar-refractivity contribution in [3.63, 3.8) is 0 Å². The number of carbonyl (C=O) groups excluding carboxylic acids is 1. The average molecular weight is 277 g/mol. The highest BCUT2D eigenvalue weighted by atomic mass is 19.1. The summed E-state index contributed by atoms with van der Waals surface area (Å²) in [4.78, 5) is 14.3. The molecule has 0 radical (unpaired) electrons. The largest absolute Gasteiger partial charge is 0.296 e. The number of nitrogens with zero attached hydrogens (tertiary/aromatic N) is 1. The van der Waals surface area contributed by atoms with E-state index in [1.807, 2.05) is 7.05 Å². The lowest BCUT2D eigenvalue weighted by Crippen LogP contribution is -2.40. The van der Waals surface area contributed by atoms with Crippen LogP contribution in [0.15, 0.2) is 24.3 Å². The van der Waals surface area contributed by atoms with Gasteiger partial charge in [0.25, 0.3) is 0 Å². The van der Waals surface area contributed by atoms with Gasteiger partial charge in [0, 0.05) is 6.04 Å². The average Bonchev–Trinajstić information content (AvgIpc) is 2.38. The number of halogens is 1. The molecule has 1 saturated carbocycles. The Morgan fingerprint density at radius 1 is 1.30 bits per heavy atom. The normalized spacial score (nSPS) is 19.2. The van der Waals surface area contributed by atoms with Crippen LogP contribution in [0.5, 0.6) is 0 Å². The van der Waals surface area contributed by atoms with E-state index in [1.165, 1.54) is 18.9 Å². The van der Waals surface area contributed by atoms with E-state index in [0.717, 1.165) is 12.8 Å². The van der Waals surface area contributed by atoms with Gasteiger partial charge in [0.15, 0.2) is 5.78 Å². The van der Waals surface area contributed by atoms with Gasteiger partial charge in [-0.1, -0.05) is 26.0 Å². The number of likely N-dealkylation sites (N-methyl/N-ethyl adjacent to an activating group) is 1. The molecule has 0 unspecified atom stereocenters. The van der Waals surface area contributed by atoms with Crippen molar-refractivity contribution in [1.29, 1.82) is 0 Å². The van der Waals surface area contributed by atoms with Crippen molar-refractivity contribution in [2.45, 2.75) is 45.6 Å². The molecule has 0 bridgehead atoms. The second-order valence-electron chi connectivity index (χ2n) is 6.71. The van der Waals surface area contributed by atoms with Crippen LogP contribution in [0.4, 0.5) is 4.39 Å². The second kappa shape index (κ2) is 6.04. The predicted octanol–water partition coefficient (Wildman–Crippen LogP) is 3.91. The number of ketones is 1. The molecule has 0 N–H and O–H groups in total. The van der Waals surface area contributed by atoms with Gasteiger partial charge in [-0.2, -0.15) is 0 Å². The first-order valence-electron chi connectivity index (χ1n) is 7.37. The van der Waals surface area contributed by atoms with E-state index in [-0.39, 0.29) is 11.3 Å². The van der Waals surface area contributed by atoms with Crippen LogP contribution in [0.25, 0.3) is 0 Å². The molecule has 0 heterocycles. The van der Waals surface area contributed by atoms with Gasteiger partial charge in [-0.3, -0.25) is 9.69 Å². The lowest BCUT2D eigenvalue weighted by molar-refractivity contribution is 0.0848. The Bertz CT molecular complexity index is 474. The number of Topliss-reactive ketones (excluding diaryl/α,β-unsaturated/α-hetero) is 1. The summed E-state index contributed by atoms with van der Waals surface area (Å²) in [6.07, 6.45) is 4.62. The highest BCUT2D eigenvalue weighted by Gasteiger charge is 2.29. The van der Waals surface area contributed by atoms with Gasteiger partial charge in [0.1, 0.15) is 5.82 Å². The topological polar surface area (TPSA) is 20.3 Å². The SMILES string of the molecule is CN(CC(=O)c1ccccc1F)C1CCC(C)(C)CC1. The molecule has 2 nitrogen and oxygen atoms in total. The Balaban J connectivity index is 1.93. The van der Waals surface area contributed by atoms with Crippen molar-refractivity contribution in [2.24, 2.45) is 5.41 Å². The summed E-state index contributed by atoms with van der Waals surface area (Å²) in [5.74, 6) is -0.550. The Morgan fingerprint density at radius 3 is 2.50 bits per heavy atom. The monoisotopic (exact) mass is 277 g/mol.